The predicted molar refractivity (Wildman–Crippen MR) is 81.2 cm³/mol. The molecule has 0 spiro atoms. The Hall–Kier alpha value is -0.0800. The van der Waals surface area contributed by atoms with Gasteiger partial charge in [-0.3, -0.25) is 0 Å². The second-order valence-corrected chi connectivity index (χ2v) is 8.00. The molecular weight excluding hydrogens is 232 g/mol. The van der Waals surface area contributed by atoms with Crippen LogP contribution >= 0.6 is 0 Å². The minimum absolute atomic E-state index is 0.617. The van der Waals surface area contributed by atoms with Crippen LogP contribution in [0.3, 0.4) is 0 Å². The molecule has 0 aromatic heterocycles. The number of hydrogen-bond acceptors (Lipinski definition) is 2. The smallest absolute Gasteiger partial charge is 0.0110 e. The summed E-state index contributed by atoms with van der Waals surface area (Å²) < 4.78 is 0. The minimum atomic E-state index is 0.617. The summed E-state index contributed by atoms with van der Waals surface area (Å²) in [6.07, 6.45) is 4.57. The van der Waals surface area contributed by atoms with Crippen LogP contribution in [0.1, 0.15) is 40.0 Å². The standard InChI is InChI=1S/C17H32N2/c1-13(2)17(3)15-6-5-14(11-15)16(17)12-19-9-7-18(4)8-10-19/h13-16H,5-12H2,1-4H3. The van der Waals surface area contributed by atoms with Crippen molar-refractivity contribution < 1.29 is 0 Å². The van der Waals surface area contributed by atoms with Gasteiger partial charge < -0.3 is 9.80 Å². The van der Waals surface area contributed by atoms with Gasteiger partial charge in [-0.2, -0.15) is 0 Å². The maximum atomic E-state index is 2.76. The molecule has 3 aliphatic rings. The number of piperazine rings is 1. The fourth-order valence-corrected chi connectivity index (χ4v) is 5.31. The summed E-state index contributed by atoms with van der Waals surface area (Å²) in [6.45, 7) is 14.0. The number of rotatable bonds is 3. The molecule has 2 saturated carbocycles. The highest BCUT2D eigenvalue weighted by molar-refractivity contribution is 5.06. The van der Waals surface area contributed by atoms with Crippen LogP contribution in [0.5, 0.6) is 0 Å². The Kier molecular flexibility index (Phi) is 3.68. The molecular formula is C17H32N2. The van der Waals surface area contributed by atoms with E-state index in [9.17, 15) is 0 Å². The van der Waals surface area contributed by atoms with Crippen molar-refractivity contribution in [3.63, 3.8) is 0 Å². The molecule has 4 unspecified atom stereocenters. The Morgan fingerprint density at radius 2 is 1.79 bits per heavy atom. The first-order valence-electron chi connectivity index (χ1n) is 8.42. The van der Waals surface area contributed by atoms with Crippen LogP contribution in [0.25, 0.3) is 0 Å². The van der Waals surface area contributed by atoms with Crippen LogP contribution in [-0.2, 0) is 0 Å². The number of fused-ring (bicyclic) bond motifs is 2. The molecule has 0 radical (unpaired) electrons. The van der Waals surface area contributed by atoms with E-state index in [4.69, 9.17) is 0 Å². The summed E-state index contributed by atoms with van der Waals surface area (Å²) in [4.78, 5) is 5.23. The maximum absolute atomic E-state index is 2.76. The van der Waals surface area contributed by atoms with Crippen molar-refractivity contribution in [1.29, 1.82) is 0 Å². The van der Waals surface area contributed by atoms with Gasteiger partial charge >= 0.3 is 0 Å². The zero-order chi connectivity index (χ0) is 13.6. The molecule has 1 heterocycles. The summed E-state index contributed by atoms with van der Waals surface area (Å²) in [7, 11) is 2.26. The van der Waals surface area contributed by atoms with Gasteiger partial charge in [0.15, 0.2) is 0 Å². The Balaban J connectivity index is 1.69. The van der Waals surface area contributed by atoms with E-state index in [2.05, 4.69) is 37.6 Å². The lowest BCUT2D eigenvalue weighted by Crippen LogP contribution is -2.50. The third-order valence-corrected chi connectivity index (χ3v) is 7.02. The van der Waals surface area contributed by atoms with Crippen molar-refractivity contribution >= 4 is 0 Å². The highest BCUT2D eigenvalue weighted by Crippen LogP contribution is 2.62. The predicted octanol–water partition coefficient (Wildman–Crippen LogP) is 2.94. The molecule has 19 heavy (non-hydrogen) atoms. The van der Waals surface area contributed by atoms with Crippen molar-refractivity contribution in [2.45, 2.75) is 40.0 Å². The van der Waals surface area contributed by atoms with Gasteiger partial charge in [-0.15, -0.1) is 0 Å². The topological polar surface area (TPSA) is 6.48 Å². The van der Waals surface area contributed by atoms with Crippen LogP contribution in [0.15, 0.2) is 0 Å². The largest absolute Gasteiger partial charge is 0.304 e. The van der Waals surface area contributed by atoms with E-state index in [1.165, 1.54) is 52.0 Å². The molecule has 110 valence electrons. The van der Waals surface area contributed by atoms with Crippen LogP contribution < -0.4 is 0 Å². The van der Waals surface area contributed by atoms with Crippen LogP contribution in [-0.4, -0.2) is 49.6 Å². The molecule has 1 aliphatic heterocycles. The second-order valence-electron chi connectivity index (χ2n) is 8.00. The number of nitrogens with zero attached hydrogens (tertiary/aromatic N) is 2. The first-order chi connectivity index (χ1) is 9.01. The molecule has 0 aromatic rings. The Bertz CT molecular complexity index is 319. The molecule has 2 nitrogen and oxygen atoms in total. The second kappa shape index (κ2) is 5.04. The van der Waals surface area contributed by atoms with E-state index in [0.29, 0.717) is 5.41 Å². The molecule has 3 fully saturated rings. The molecule has 2 aliphatic carbocycles. The molecule has 3 rings (SSSR count). The van der Waals surface area contributed by atoms with Gasteiger partial charge in [-0.05, 0) is 55.4 Å². The van der Waals surface area contributed by atoms with Gasteiger partial charge in [0.05, 0.1) is 0 Å². The summed E-state index contributed by atoms with van der Waals surface area (Å²) in [6, 6.07) is 0. The highest BCUT2D eigenvalue weighted by Gasteiger charge is 2.56. The van der Waals surface area contributed by atoms with Crippen molar-refractivity contribution in [2.24, 2.45) is 29.1 Å². The van der Waals surface area contributed by atoms with E-state index < -0.39 is 0 Å². The number of hydrogen-bond donors (Lipinski definition) is 0. The van der Waals surface area contributed by atoms with Crippen molar-refractivity contribution in [3.05, 3.63) is 0 Å². The van der Waals surface area contributed by atoms with E-state index >= 15 is 0 Å². The highest BCUT2D eigenvalue weighted by atomic mass is 15.2. The lowest BCUT2D eigenvalue weighted by atomic mass is 9.61. The normalized spacial score (nSPS) is 44.4. The zero-order valence-corrected chi connectivity index (χ0v) is 13.4. The molecule has 2 bridgehead atoms. The van der Waals surface area contributed by atoms with Crippen LogP contribution in [0.2, 0.25) is 0 Å². The summed E-state index contributed by atoms with van der Waals surface area (Å²) >= 11 is 0. The molecule has 0 aromatic carbocycles. The summed E-state index contributed by atoms with van der Waals surface area (Å²) in [5.74, 6) is 3.88. The number of likely N-dealkylation sites (N-methyl/N-ethyl adjacent to an activating group) is 1. The van der Waals surface area contributed by atoms with Crippen molar-refractivity contribution in [3.8, 4) is 0 Å². The van der Waals surface area contributed by atoms with Crippen molar-refractivity contribution in [1.82, 2.24) is 9.80 Å². The molecule has 1 saturated heterocycles. The molecule has 2 heteroatoms. The van der Waals surface area contributed by atoms with E-state index in [1.807, 2.05) is 0 Å². The Morgan fingerprint density at radius 3 is 2.42 bits per heavy atom. The lowest BCUT2D eigenvalue weighted by Gasteiger charge is -2.47. The molecule has 0 amide bonds. The minimum Gasteiger partial charge on any atom is -0.304 e. The Labute approximate surface area is 119 Å². The third-order valence-electron chi connectivity index (χ3n) is 7.02. The van der Waals surface area contributed by atoms with E-state index in [-0.39, 0.29) is 0 Å². The monoisotopic (exact) mass is 264 g/mol. The van der Waals surface area contributed by atoms with Crippen molar-refractivity contribution in [2.75, 3.05) is 39.8 Å². The summed E-state index contributed by atoms with van der Waals surface area (Å²) in [5.41, 5.74) is 0.617. The lowest BCUT2D eigenvalue weighted by molar-refractivity contribution is 0.0122. The van der Waals surface area contributed by atoms with Gasteiger partial charge in [-0.1, -0.05) is 20.8 Å². The Morgan fingerprint density at radius 1 is 1.11 bits per heavy atom. The quantitative estimate of drug-likeness (QED) is 0.773. The molecule has 0 N–H and O–H groups in total. The van der Waals surface area contributed by atoms with Crippen LogP contribution in [0, 0.1) is 29.1 Å². The first-order valence-corrected chi connectivity index (χ1v) is 8.42. The van der Waals surface area contributed by atoms with Gasteiger partial charge in [0.25, 0.3) is 0 Å². The molecule has 4 atom stereocenters. The van der Waals surface area contributed by atoms with Gasteiger partial charge in [0.2, 0.25) is 0 Å². The van der Waals surface area contributed by atoms with E-state index in [1.54, 1.807) is 0 Å². The SMILES string of the molecule is CC(C)C1(C)C2CCC(C2)C1CN1CCN(C)CC1. The van der Waals surface area contributed by atoms with Crippen LogP contribution in [0.4, 0.5) is 0 Å². The first kappa shape index (κ1) is 13.9. The fourth-order valence-electron chi connectivity index (χ4n) is 5.31. The third kappa shape index (κ3) is 2.25. The average Bonchev–Trinajstić information content (AvgIpc) is 2.94. The zero-order valence-electron chi connectivity index (χ0n) is 13.4. The van der Waals surface area contributed by atoms with Gasteiger partial charge in [-0.25, -0.2) is 0 Å². The summed E-state index contributed by atoms with van der Waals surface area (Å²) in [5, 5.41) is 0. The maximum Gasteiger partial charge on any atom is 0.0110 e. The van der Waals surface area contributed by atoms with Gasteiger partial charge in [0, 0.05) is 32.7 Å². The fraction of sp³-hybridized carbons (Fsp3) is 1.00. The van der Waals surface area contributed by atoms with Gasteiger partial charge in [0.1, 0.15) is 0 Å². The van der Waals surface area contributed by atoms with E-state index in [0.717, 1.165) is 23.7 Å². The average molecular weight is 264 g/mol.